The Labute approximate surface area is 120 Å². The van der Waals surface area contributed by atoms with E-state index in [1.54, 1.807) is 7.11 Å². The number of benzene rings is 1. The summed E-state index contributed by atoms with van der Waals surface area (Å²) in [7, 11) is 1.66. The summed E-state index contributed by atoms with van der Waals surface area (Å²) in [6.07, 6.45) is 2.25. The van der Waals surface area contributed by atoms with Gasteiger partial charge in [-0.25, -0.2) is 0 Å². The minimum absolute atomic E-state index is 0.0621. The van der Waals surface area contributed by atoms with E-state index in [2.05, 4.69) is 0 Å². The second-order valence-corrected chi connectivity index (χ2v) is 5.42. The highest BCUT2D eigenvalue weighted by Gasteiger charge is 2.33. The van der Waals surface area contributed by atoms with E-state index >= 15 is 0 Å². The number of hydrogen-bond acceptors (Lipinski definition) is 3. The molecular weight excluding hydrogens is 254 g/mol. The SMILES string of the molecule is COc1ccccc1CN(C(=O)COC(C)C)C1CC1. The molecule has 0 N–H and O–H groups in total. The highest BCUT2D eigenvalue weighted by molar-refractivity contribution is 5.78. The minimum atomic E-state index is 0.0621. The van der Waals surface area contributed by atoms with E-state index in [-0.39, 0.29) is 18.6 Å². The molecule has 0 aromatic heterocycles. The highest BCUT2D eigenvalue weighted by Crippen LogP contribution is 2.30. The lowest BCUT2D eigenvalue weighted by Gasteiger charge is -2.24. The van der Waals surface area contributed by atoms with Crippen LogP contribution < -0.4 is 4.74 Å². The third-order valence-electron chi connectivity index (χ3n) is 3.38. The van der Waals surface area contributed by atoms with Crippen molar-refractivity contribution in [3.05, 3.63) is 29.8 Å². The molecule has 0 bridgehead atoms. The molecule has 20 heavy (non-hydrogen) atoms. The third kappa shape index (κ3) is 3.97. The Morgan fingerprint density at radius 2 is 2.05 bits per heavy atom. The first-order valence-corrected chi connectivity index (χ1v) is 7.14. The molecule has 0 saturated heterocycles. The maximum Gasteiger partial charge on any atom is 0.249 e. The molecule has 1 aliphatic carbocycles. The molecule has 1 fully saturated rings. The van der Waals surface area contributed by atoms with Gasteiger partial charge >= 0.3 is 0 Å². The molecule has 0 radical (unpaired) electrons. The van der Waals surface area contributed by atoms with Crippen LogP contribution in [0.5, 0.6) is 5.75 Å². The molecule has 0 heterocycles. The molecule has 110 valence electrons. The number of carbonyl (C=O) groups excluding carboxylic acids is 1. The molecule has 4 heteroatoms. The largest absolute Gasteiger partial charge is 0.496 e. The van der Waals surface area contributed by atoms with Crippen molar-refractivity contribution in [2.45, 2.75) is 45.4 Å². The maximum atomic E-state index is 12.3. The molecule has 0 aliphatic heterocycles. The van der Waals surface area contributed by atoms with Crippen LogP contribution in [0.1, 0.15) is 32.3 Å². The van der Waals surface area contributed by atoms with Crippen LogP contribution in [0, 0.1) is 0 Å². The van der Waals surface area contributed by atoms with E-state index in [9.17, 15) is 4.79 Å². The van der Waals surface area contributed by atoms with E-state index < -0.39 is 0 Å². The first-order chi connectivity index (χ1) is 9.61. The molecular formula is C16H23NO3. The van der Waals surface area contributed by atoms with Crippen LogP contribution in [0.15, 0.2) is 24.3 Å². The van der Waals surface area contributed by atoms with Gasteiger partial charge in [-0.05, 0) is 32.8 Å². The zero-order valence-corrected chi connectivity index (χ0v) is 12.5. The van der Waals surface area contributed by atoms with Gasteiger partial charge in [0.2, 0.25) is 5.91 Å². The Kier molecular flexibility index (Phi) is 5.01. The molecule has 0 unspecified atom stereocenters. The normalized spacial score (nSPS) is 14.4. The van der Waals surface area contributed by atoms with Crippen LogP contribution in [0.4, 0.5) is 0 Å². The van der Waals surface area contributed by atoms with Crippen molar-refractivity contribution in [2.24, 2.45) is 0 Å². The van der Waals surface area contributed by atoms with Crippen LogP contribution >= 0.6 is 0 Å². The number of amides is 1. The Morgan fingerprint density at radius 1 is 1.35 bits per heavy atom. The zero-order chi connectivity index (χ0) is 14.5. The molecule has 1 aliphatic rings. The van der Waals surface area contributed by atoms with Crippen molar-refractivity contribution in [2.75, 3.05) is 13.7 Å². The monoisotopic (exact) mass is 277 g/mol. The number of carbonyl (C=O) groups is 1. The lowest BCUT2D eigenvalue weighted by atomic mass is 10.2. The van der Waals surface area contributed by atoms with Gasteiger partial charge in [0.05, 0.1) is 13.2 Å². The van der Waals surface area contributed by atoms with Crippen LogP contribution in [-0.2, 0) is 16.1 Å². The second kappa shape index (κ2) is 6.75. The van der Waals surface area contributed by atoms with Crippen LogP contribution in [0.25, 0.3) is 0 Å². The smallest absolute Gasteiger partial charge is 0.249 e. The summed E-state index contributed by atoms with van der Waals surface area (Å²) in [5, 5.41) is 0. The quantitative estimate of drug-likeness (QED) is 0.769. The molecule has 1 aromatic carbocycles. The van der Waals surface area contributed by atoms with Gasteiger partial charge in [0.25, 0.3) is 0 Å². The molecule has 1 saturated carbocycles. The summed E-state index contributed by atoms with van der Waals surface area (Å²) in [5.74, 6) is 0.892. The molecule has 1 aromatic rings. The number of hydrogen-bond donors (Lipinski definition) is 0. The molecule has 4 nitrogen and oxygen atoms in total. The zero-order valence-electron chi connectivity index (χ0n) is 12.5. The maximum absolute atomic E-state index is 12.3. The predicted molar refractivity (Wildman–Crippen MR) is 77.7 cm³/mol. The Balaban J connectivity index is 2.04. The fourth-order valence-corrected chi connectivity index (χ4v) is 2.15. The summed E-state index contributed by atoms with van der Waals surface area (Å²) in [5.41, 5.74) is 1.04. The van der Waals surface area contributed by atoms with Gasteiger partial charge in [-0.1, -0.05) is 18.2 Å². The van der Waals surface area contributed by atoms with E-state index in [4.69, 9.17) is 9.47 Å². The van der Waals surface area contributed by atoms with Crippen molar-refractivity contribution in [1.82, 2.24) is 4.90 Å². The number of nitrogens with zero attached hydrogens (tertiary/aromatic N) is 1. The highest BCUT2D eigenvalue weighted by atomic mass is 16.5. The number of ether oxygens (including phenoxy) is 2. The Bertz CT molecular complexity index is 455. The van der Waals surface area contributed by atoms with Gasteiger partial charge in [0.15, 0.2) is 0 Å². The summed E-state index contributed by atoms with van der Waals surface area (Å²) in [4.78, 5) is 14.2. The van der Waals surface area contributed by atoms with Crippen molar-refractivity contribution < 1.29 is 14.3 Å². The van der Waals surface area contributed by atoms with Crippen LogP contribution in [0.3, 0.4) is 0 Å². The average molecular weight is 277 g/mol. The average Bonchev–Trinajstić information content (AvgIpc) is 3.27. The van der Waals surface area contributed by atoms with E-state index in [1.165, 1.54) is 0 Å². The number of methoxy groups -OCH3 is 1. The lowest BCUT2D eigenvalue weighted by Crippen LogP contribution is -2.36. The first kappa shape index (κ1) is 14.9. The third-order valence-corrected chi connectivity index (χ3v) is 3.38. The van der Waals surface area contributed by atoms with E-state index in [0.717, 1.165) is 24.2 Å². The van der Waals surface area contributed by atoms with Gasteiger partial charge in [-0.15, -0.1) is 0 Å². The minimum Gasteiger partial charge on any atom is -0.496 e. The Morgan fingerprint density at radius 3 is 2.65 bits per heavy atom. The van der Waals surface area contributed by atoms with E-state index in [0.29, 0.717) is 12.6 Å². The summed E-state index contributed by atoms with van der Waals surface area (Å²) < 4.78 is 10.8. The van der Waals surface area contributed by atoms with Gasteiger partial charge in [-0.3, -0.25) is 4.79 Å². The predicted octanol–water partition coefficient (Wildman–Crippen LogP) is 2.61. The standard InChI is InChI=1S/C16H23NO3/c1-12(2)20-11-16(18)17(14-8-9-14)10-13-6-4-5-7-15(13)19-3/h4-7,12,14H,8-11H2,1-3H3. The second-order valence-electron chi connectivity index (χ2n) is 5.42. The van der Waals surface area contributed by atoms with Gasteiger partial charge in [0.1, 0.15) is 12.4 Å². The Hall–Kier alpha value is -1.55. The first-order valence-electron chi connectivity index (χ1n) is 7.14. The van der Waals surface area contributed by atoms with Crippen molar-refractivity contribution in [3.8, 4) is 5.75 Å². The van der Waals surface area contributed by atoms with Gasteiger partial charge in [-0.2, -0.15) is 0 Å². The lowest BCUT2D eigenvalue weighted by molar-refractivity contribution is -0.138. The topological polar surface area (TPSA) is 38.8 Å². The van der Waals surface area contributed by atoms with Crippen LogP contribution in [0.2, 0.25) is 0 Å². The van der Waals surface area contributed by atoms with Crippen LogP contribution in [-0.4, -0.2) is 36.7 Å². The van der Waals surface area contributed by atoms with Gasteiger partial charge < -0.3 is 14.4 Å². The fraction of sp³-hybridized carbons (Fsp3) is 0.562. The van der Waals surface area contributed by atoms with Crippen molar-refractivity contribution >= 4 is 5.91 Å². The molecule has 0 spiro atoms. The summed E-state index contributed by atoms with van der Waals surface area (Å²) in [6, 6.07) is 8.20. The van der Waals surface area contributed by atoms with Crippen molar-refractivity contribution in [1.29, 1.82) is 0 Å². The van der Waals surface area contributed by atoms with Gasteiger partial charge in [0, 0.05) is 18.2 Å². The number of rotatable bonds is 7. The van der Waals surface area contributed by atoms with Crippen molar-refractivity contribution in [3.63, 3.8) is 0 Å². The molecule has 1 amide bonds. The van der Waals surface area contributed by atoms with E-state index in [1.807, 2.05) is 43.0 Å². The summed E-state index contributed by atoms with van der Waals surface area (Å²) in [6.45, 7) is 4.63. The number of para-hydroxylation sites is 1. The fourth-order valence-electron chi connectivity index (χ4n) is 2.15. The molecule has 2 rings (SSSR count). The summed E-state index contributed by atoms with van der Waals surface area (Å²) >= 11 is 0. The molecule has 0 atom stereocenters.